The number of para-hydroxylation sites is 2. The molecule has 1 aromatic heterocycles. The van der Waals surface area contributed by atoms with E-state index < -0.39 is 9.84 Å². The molecule has 1 atom stereocenters. The molecular weight excluding hydrogens is 274 g/mol. The summed E-state index contributed by atoms with van der Waals surface area (Å²) >= 11 is 0. The van der Waals surface area contributed by atoms with E-state index in [2.05, 4.69) is 20.9 Å². The Morgan fingerprint density at radius 2 is 2.20 bits per heavy atom. The fourth-order valence-corrected chi connectivity index (χ4v) is 4.52. The molecule has 0 bridgehead atoms. The van der Waals surface area contributed by atoms with Crippen molar-refractivity contribution < 1.29 is 8.42 Å². The number of benzene rings is 1. The van der Waals surface area contributed by atoms with Gasteiger partial charge in [-0.2, -0.15) is 0 Å². The molecule has 0 saturated carbocycles. The number of aromatic nitrogens is 2. The van der Waals surface area contributed by atoms with Gasteiger partial charge in [0.2, 0.25) is 0 Å². The smallest absolute Gasteiger partial charge is 0.151 e. The Bertz CT molecular complexity index is 721. The zero-order valence-corrected chi connectivity index (χ0v) is 12.4. The largest absolute Gasteiger partial charge is 0.327 e. The molecule has 1 aliphatic heterocycles. The van der Waals surface area contributed by atoms with Crippen LogP contribution < -0.4 is 5.32 Å². The minimum atomic E-state index is -2.80. The van der Waals surface area contributed by atoms with Gasteiger partial charge in [0.05, 0.1) is 22.5 Å². The van der Waals surface area contributed by atoms with Gasteiger partial charge in [0.25, 0.3) is 0 Å². The lowest BCUT2D eigenvalue weighted by Gasteiger charge is -2.12. The van der Waals surface area contributed by atoms with Gasteiger partial charge in [-0.15, -0.1) is 0 Å². The third-order valence-corrected chi connectivity index (χ3v) is 5.61. The number of aryl methyl sites for hydroxylation is 1. The maximum Gasteiger partial charge on any atom is 0.151 e. The molecular formula is C14H19N3O2S. The van der Waals surface area contributed by atoms with Crippen molar-refractivity contribution >= 4 is 20.9 Å². The molecule has 1 fully saturated rings. The van der Waals surface area contributed by atoms with Gasteiger partial charge in [0.15, 0.2) is 9.84 Å². The first kappa shape index (κ1) is 13.6. The summed E-state index contributed by atoms with van der Waals surface area (Å²) in [7, 11) is -2.80. The molecule has 0 spiro atoms. The Hall–Kier alpha value is -1.40. The number of rotatable bonds is 4. The molecule has 20 heavy (non-hydrogen) atoms. The van der Waals surface area contributed by atoms with Crippen LogP contribution in [0.1, 0.15) is 12.2 Å². The van der Waals surface area contributed by atoms with Gasteiger partial charge in [-0.05, 0) is 25.5 Å². The lowest BCUT2D eigenvalue weighted by atomic mass is 10.2. The predicted molar refractivity (Wildman–Crippen MR) is 79.5 cm³/mol. The fourth-order valence-electron chi connectivity index (χ4n) is 2.81. The summed E-state index contributed by atoms with van der Waals surface area (Å²) in [6.07, 6.45) is 0.728. The Labute approximate surface area is 118 Å². The number of imidazole rings is 1. The van der Waals surface area contributed by atoms with E-state index >= 15 is 0 Å². The second-order valence-corrected chi connectivity index (χ2v) is 7.58. The number of nitrogens with zero attached hydrogens (tertiary/aromatic N) is 2. The maximum absolute atomic E-state index is 11.4. The topological polar surface area (TPSA) is 64.0 Å². The molecule has 0 aliphatic carbocycles. The zero-order chi connectivity index (χ0) is 14.2. The molecule has 1 N–H and O–H groups in total. The molecule has 6 heteroatoms. The van der Waals surface area contributed by atoms with E-state index in [-0.39, 0.29) is 11.8 Å². The van der Waals surface area contributed by atoms with Gasteiger partial charge in [0.1, 0.15) is 5.82 Å². The van der Waals surface area contributed by atoms with E-state index in [1.54, 1.807) is 0 Å². The van der Waals surface area contributed by atoms with Crippen molar-refractivity contribution in [3.8, 4) is 0 Å². The van der Waals surface area contributed by atoms with E-state index in [4.69, 9.17) is 0 Å². The van der Waals surface area contributed by atoms with Gasteiger partial charge in [-0.25, -0.2) is 13.4 Å². The summed E-state index contributed by atoms with van der Waals surface area (Å²) in [5, 5.41) is 3.34. The normalized spacial score (nSPS) is 21.6. The number of hydrogen-bond donors (Lipinski definition) is 1. The highest BCUT2D eigenvalue weighted by molar-refractivity contribution is 7.91. The van der Waals surface area contributed by atoms with Crippen LogP contribution in [-0.4, -0.2) is 42.1 Å². The highest BCUT2D eigenvalue weighted by Crippen LogP contribution is 2.15. The molecule has 2 aromatic rings. The Balaban J connectivity index is 1.64. The van der Waals surface area contributed by atoms with Crippen LogP contribution in [0.4, 0.5) is 0 Å². The molecule has 0 amide bonds. The van der Waals surface area contributed by atoms with Crippen LogP contribution in [0.15, 0.2) is 24.3 Å². The molecule has 108 valence electrons. The summed E-state index contributed by atoms with van der Waals surface area (Å²) in [6.45, 7) is 3.57. The molecule has 1 unspecified atom stereocenters. The minimum Gasteiger partial charge on any atom is -0.327 e. The summed E-state index contributed by atoms with van der Waals surface area (Å²) in [5.41, 5.74) is 2.14. The van der Waals surface area contributed by atoms with Crippen molar-refractivity contribution in [3.63, 3.8) is 0 Å². The van der Waals surface area contributed by atoms with E-state index in [1.807, 2.05) is 25.1 Å². The predicted octanol–water partition coefficient (Wildman–Crippen LogP) is 1.12. The molecule has 5 nitrogen and oxygen atoms in total. The van der Waals surface area contributed by atoms with Crippen molar-refractivity contribution in [1.29, 1.82) is 0 Å². The standard InChI is InChI=1S/C14H19N3O2S/c1-11-16-13-4-2-3-5-14(13)17(11)8-7-15-12-6-9-20(18,19)10-12/h2-5,12,15H,6-10H2,1H3. The van der Waals surface area contributed by atoms with Gasteiger partial charge in [0, 0.05) is 19.1 Å². The third-order valence-electron chi connectivity index (χ3n) is 3.85. The van der Waals surface area contributed by atoms with Crippen LogP contribution in [0.2, 0.25) is 0 Å². The monoisotopic (exact) mass is 293 g/mol. The molecule has 0 radical (unpaired) electrons. The second-order valence-electron chi connectivity index (χ2n) is 5.35. The van der Waals surface area contributed by atoms with Crippen molar-refractivity contribution in [1.82, 2.24) is 14.9 Å². The number of nitrogens with one attached hydrogen (secondary N) is 1. The first-order chi connectivity index (χ1) is 9.55. The minimum absolute atomic E-state index is 0.107. The van der Waals surface area contributed by atoms with Crippen molar-refractivity contribution in [2.75, 3.05) is 18.1 Å². The highest BCUT2D eigenvalue weighted by Gasteiger charge is 2.27. The Kier molecular flexibility index (Phi) is 3.52. The summed E-state index contributed by atoms with van der Waals surface area (Å²) in [4.78, 5) is 4.53. The van der Waals surface area contributed by atoms with Crippen molar-refractivity contribution in [3.05, 3.63) is 30.1 Å². The van der Waals surface area contributed by atoms with E-state index in [0.29, 0.717) is 5.75 Å². The fraction of sp³-hybridized carbons (Fsp3) is 0.500. The van der Waals surface area contributed by atoms with Crippen molar-refractivity contribution in [2.45, 2.75) is 25.9 Å². The van der Waals surface area contributed by atoms with E-state index in [9.17, 15) is 8.42 Å². The molecule has 3 rings (SSSR count). The lowest BCUT2D eigenvalue weighted by Crippen LogP contribution is -2.32. The van der Waals surface area contributed by atoms with Crippen LogP contribution in [-0.2, 0) is 16.4 Å². The first-order valence-electron chi connectivity index (χ1n) is 6.91. The summed E-state index contributed by atoms with van der Waals surface area (Å²) in [6, 6.07) is 8.18. The van der Waals surface area contributed by atoms with E-state index in [0.717, 1.165) is 36.4 Å². The second kappa shape index (κ2) is 5.18. The van der Waals surface area contributed by atoms with Crippen LogP contribution in [0, 0.1) is 6.92 Å². The molecule has 1 saturated heterocycles. The summed E-state index contributed by atoms with van der Waals surface area (Å²) in [5.74, 6) is 1.58. The number of hydrogen-bond acceptors (Lipinski definition) is 4. The quantitative estimate of drug-likeness (QED) is 0.917. The van der Waals surface area contributed by atoms with Crippen LogP contribution >= 0.6 is 0 Å². The van der Waals surface area contributed by atoms with Gasteiger partial charge >= 0.3 is 0 Å². The van der Waals surface area contributed by atoms with Crippen LogP contribution in [0.25, 0.3) is 11.0 Å². The van der Waals surface area contributed by atoms with Crippen LogP contribution in [0.3, 0.4) is 0 Å². The summed E-state index contributed by atoms with van der Waals surface area (Å²) < 4.78 is 25.0. The number of sulfone groups is 1. The van der Waals surface area contributed by atoms with Crippen LogP contribution in [0.5, 0.6) is 0 Å². The zero-order valence-electron chi connectivity index (χ0n) is 11.5. The third kappa shape index (κ3) is 2.71. The Morgan fingerprint density at radius 1 is 1.40 bits per heavy atom. The van der Waals surface area contributed by atoms with Gasteiger partial charge in [-0.1, -0.05) is 12.1 Å². The molecule has 1 aromatic carbocycles. The van der Waals surface area contributed by atoms with Gasteiger partial charge in [-0.3, -0.25) is 0 Å². The molecule has 2 heterocycles. The average molecular weight is 293 g/mol. The average Bonchev–Trinajstić information content (AvgIpc) is 2.90. The first-order valence-corrected chi connectivity index (χ1v) is 8.73. The number of fused-ring (bicyclic) bond motifs is 1. The lowest BCUT2D eigenvalue weighted by molar-refractivity contribution is 0.520. The highest BCUT2D eigenvalue weighted by atomic mass is 32.2. The van der Waals surface area contributed by atoms with Crippen molar-refractivity contribution in [2.24, 2.45) is 0 Å². The van der Waals surface area contributed by atoms with Gasteiger partial charge < -0.3 is 9.88 Å². The Morgan fingerprint density at radius 3 is 2.95 bits per heavy atom. The maximum atomic E-state index is 11.4. The molecule has 1 aliphatic rings. The SMILES string of the molecule is Cc1nc2ccccc2n1CCNC1CCS(=O)(=O)C1. The van der Waals surface area contributed by atoms with E-state index in [1.165, 1.54) is 0 Å².